The van der Waals surface area contributed by atoms with Crippen molar-refractivity contribution >= 4 is 46.4 Å². The number of rotatable bonds is 38. The lowest BCUT2D eigenvalue weighted by atomic mass is 10.1. The van der Waals surface area contributed by atoms with Gasteiger partial charge in [-0.2, -0.15) is 0 Å². The number of hydrogen-bond donors (Lipinski definition) is 1. The first kappa shape index (κ1) is 61.1. The molecule has 1 heterocycles. The second kappa shape index (κ2) is 32.8. The molecule has 1 aliphatic rings. The molecule has 0 saturated heterocycles. The van der Waals surface area contributed by atoms with Gasteiger partial charge in [-0.05, 0) is 104 Å². The molecule has 1 amide bonds. The van der Waals surface area contributed by atoms with Gasteiger partial charge in [0.05, 0.1) is 56.6 Å². The number of carbonyl (C=O) groups is 1. The highest BCUT2D eigenvalue weighted by molar-refractivity contribution is 7.49. The predicted molar refractivity (Wildman–Crippen MR) is 283 cm³/mol. The molecule has 1 N–H and O–H groups in total. The van der Waals surface area contributed by atoms with Gasteiger partial charge in [-0.3, -0.25) is 31.9 Å². The molecule has 0 fully saturated rings. The van der Waals surface area contributed by atoms with Gasteiger partial charge in [0.2, 0.25) is 0 Å². The Morgan fingerprint density at radius 3 is 1.43 bits per heavy atom. The highest BCUT2D eigenvalue weighted by Crippen LogP contribution is 2.59. The zero-order valence-corrected chi connectivity index (χ0v) is 46.7. The third-order valence-corrected chi connectivity index (χ3v) is 15.2. The highest BCUT2D eigenvalue weighted by Gasteiger charge is 2.38. The first-order chi connectivity index (χ1) is 33.6. The molecular weight excluding hydrogens is 953 g/mol. The van der Waals surface area contributed by atoms with Crippen molar-refractivity contribution in [2.24, 2.45) is 0 Å². The maximum atomic E-state index is 15.3. The molecule has 0 spiro atoms. The van der Waals surface area contributed by atoms with E-state index in [2.05, 4.69) is 38.2 Å². The van der Waals surface area contributed by atoms with Crippen LogP contribution in [0.3, 0.4) is 0 Å². The van der Waals surface area contributed by atoms with E-state index in [-0.39, 0.29) is 86.1 Å². The number of anilines is 3. The molecule has 0 atom stereocenters. The van der Waals surface area contributed by atoms with Gasteiger partial charge >= 0.3 is 23.5 Å². The molecule has 0 radical (unpaired) electrons. The molecule has 1 aliphatic heterocycles. The van der Waals surface area contributed by atoms with Crippen LogP contribution >= 0.6 is 23.5 Å². The van der Waals surface area contributed by atoms with E-state index >= 15 is 4.79 Å². The minimum Gasteiger partial charge on any atom is -0.404 e. The molecular formula is C52H85N2O13P3. The summed E-state index contributed by atoms with van der Waals surface area (Å²) in [6.45, 7) is 20.9. The minimum absolute atomic E-state index is 0.000511. The number of carbonyl (C=O) groups excluding carboxylic acids is 1. The third kappa shape index (κ3) is 21.5. The van der Waals surface area contributed by atoms with E-state index in [4.69, 9.17) is 40.7 Å². The van der Waals surface area contributed by atoms with E-state index in [0.717, 1.165) is 69.8 Å². The zero-order valence-electron chi connectivity index (χ0n) is 44.0. The van der Waals surface area contributed by atoms with Crippen LogP contribution in [0, 0.1) is 0 Å². The molecule has 0 aliphatic carbocycles. The second-order valence-electron chi connectivity index (χ2n) is 17.7. The van der Waals surface area contributed by atoms with Crippen LogP contribution in [0.2, 0.25) is 0 Å². The molecule has 3 rings (SSSR count). The molecule has 0 unspecified atom stereocenters. The van der Waals surface area contributed by atoms with Gasteiger partial charge in [0.15, 0.2) is 11.5 Å². The number of benzene rings is 2. The smallest absolute Gasteiger partial charge is 0.404 e. The maximum Gasteiger partial charge on any atom is 0.530 e. The highest BCUT2D eigenvalue weighted by atomic mass is 31.2. The number of fused-ring (bicyclic) bond motifs is 2. The summed E-state index contributed by atoms with van der Waals surface area (Å²) >= 11 is 0. The minimum atomic E-state index is -4.40. The molecule has 70 heavy (non-hydrogen) atoms. The summed E-state index contributed by atoms with van der Waals surface area (Å²) in [6, 6.07) is 7.74. The van der Waals surface area contributed by atoms with Gasteiger partial charge in [-0.1, -0.05) is 121 Å². The Kier molecular flexibility index (Phi) is 28.6. The van der Waals surface area contributed by atoms with Crippen molar-refractivity contribution < 1.29 is 59.2 Å². The third-order valence-electron chi connectivity index (χ3n) is 11.0. The van der Waals surface area contributed by atoms with E-state index in [1.54, 1.807) is 18.2 Å². The summed E-state index contributed by atoms with van der Waals surface area (Å²) in [4.78, 5) is 16.8. The van der Waals surface area contributed by atoms with Crippen LogP contribution in [0.1, 0.15) is 182 Å². The van der Waals surface area contributed by atoms with Crippen LogP contribution in [-0.2, 0) is 40.8 Å². The number of phosphoric ester groups is 3. The van der Waals surface area contributed by atoms with Crippen molar-refractivity contribution in [1.82, 2.24) is 0 Å². The number of amides is 1. The van der Waals surface area contributed by atoms with E-state index in [0.29, 0.717) is 38.5 Å². The Morgan fingerprint density at radius 2 is 0.971 bits per heavy atom. The maximum absolute atomic E-state index is 15.3. The molecule has 396 valence electrons. The number of hydrogen-bond acceptors (Lipinski definition) is 14. The van der Waals surface area contributed by atoms with Gasteiger partial charge in [-0.15, -0.1) is 0 Å². The normalized spacial score (nSPS) is 13.4. The second-order valence-corrected chi connectivity index (χ2v) is 22.5. The first-order valence-electron chi connectivity index (χ1n) is 25.7. The summed E-state index contributed by atoms with van der Waals surface area (Å²) in [6.07, 6.45) is 18.2. The zero-order chi connectivity index (χ0) is 51.4. The molecule has 0 aromatic heterocycles. The average Bonchev–Trinajstić information content (AvgIpc) is 3.42. The lowest BCUT2D eigenvalue weighted by Gasteiger charge is -2.26. The molecule has 0 bridgehead atoms. The summed E-state index contributed by atoms with van der Waals surface area (Å²) in [7, 11) is -12.9. The fourth-order valence-electron chi connectivity index (χ4n) is 6.66. The van der Waals surface area contributed by atoms with Crippen molar-refractivity contribution in [3.8, 4) is 17.2 Å². The Bertz CT molecular complexity index is 2100. The number of nitrogens with one attached hydrogen (secondary N) is 1. The van der Waals surface area contributed by atoms with Gasteiger partial charge in [0, 0.05) is 18.7 Å². The van der Waals surface area contributed by atoms with Gasteiger partial charge < -0.3 is 23.8 Å². The van der Waals surface area contributed by atoms with E-state index in [1.807, 2.05) is 54.5 Å². The molecule has 2 aromatic rings. The van der Waals surface area contributed by atoms with Crippen molar-refractivity contribution in [2.45, 2.75) is 172 Å². The fourth-order valence-corrected chi connectivity index (χ4v) is 10.5. The van der Waals surface area contributed by atoms with Crippen molar-refractivity contribution in [1.29, 1.82) is 0 Å². The predicted octanol–water partition coefficient (Wildman–Crippen LogP) is 17.2. The lowest BCUT2D eigenvalue weighted by Crippen LogP contribution is -2.30. The Hall–Kier alpha value is -3.22. The van der Waals surface area contributed by atoms with Crippen LogP contribution in [0.15, 0.2) is 65.3 Å². The lowest BCUT2D eigenvalue weighted by molar-refractivity contribution is 0.0990. The van der Waals surface area contributed by atoms with Gasteiger partial charge in [0.1, 0.15) is 11.4 Å². The number of para-hydroxylation sites is 1. The van der Waals surface area contributed by atoms with Crippen LogP contribution in [0.5, 0.6) is 17.2 Å². The van der Waals surface area contributed by atoms with Gasteiger partial charge in [0.25, 0.3) is 5.91 Å². The van der Waals surface area contributed by atoms with Crippen LogP contribution in [-0.4, -0.2) is 52.1 Å². The van der Waals surface area contributed by atoms with Crippen molar-refractivity contribution in [3.63, 3.8) is 0 Å². The first-order valence-corrected chi connectivity index (χ1v) is 30.1. The molecule has 15 nitrogen and oxygen atoms in total. The van der Waals surface area contributed by atoms with E-state index < -0.39 is 29.4 Å². The number of nitrogens with zero attached hydrogens (tertiary/aromatic N) is 1. The number of phosphoric acid groups is 3. The quantitative estimate of drug-likeness (QED) is 0.0383. The average molecular weight is 1040 g/mol. The van der Waals surface area contributed by atoms with E-state index in [1.165, 1.54) is 28.2 Å². The van der Waals surface area contributed by atoms with Crippen molar-refractivity contribution in [2.75, 3.05) is 56.4 Å². The van der Waals surface area contributed by atoms with Gasteiger partial charge in [-0.25, -0.2) is 13.7 Å². The Balaban J connectivity index is 2.36. The van der Waals surface area contributed by atoms with Crippen LogP contribution < -0.4 is 23.8 Å². The SMILES string of the molecule is CCCCOP(=O)(OCCCC)Oc1cc(OP(=O)(OCCCC)OCCCC)c2c(c1)N(C/C=C(\C)CC/C=C(\C)CCC=C(C)C)C(=O)c1cccc(OP(=O)(OCCCC)OCCCC)c1N2. The number of allylic oxidation sites excluding steroid dienone is 5. The summed E-state index contributed by atoms with van der Waals surface area (Å²) in [5.41, 5.74) is 4.24. The summed E-state index contributed by atoms with van der Waals surface area (Å²) < 4.78 is 97.6. The molecule has 2 aromatic carbocycles. The Morgan fingerprint density at radius 1 is 0.543 bits per heavy atom. The summed E-state index contributed by atoms with van der Waals surface area (Å²) in [5, 5.41) is 3.35. The topological polar surface area (TPSA) is 167 Å². The van der Waals surface area contributed by atoms with Crippen LogP contribution in [0.25, 0.3) is 0 Å². The largest absolute Gasteiger partial charge is 0.530 e. The Labute approximate surface area is 420 Å². The van der Waals surface area contributed by atoms with Crippen LogP contribution in [0.4, 0.5) is 17.1 Å². The number of unbranched alkanes of at least 4 members (excludes halogenated alkanes) is 6. The summed E-state index contributed by atoms with van der Waals surface area (Å²) in [5.74, 6) is -0.674. The van der Waals surface area contributed by atoms with E-state index in [9.17, 15) is 13.7 Å². The molecule has 0 saturated carbocycles. The fraction of sp³-hybridized carbons (Fsp3) is 0.635. The monoisotopic (exact) mass is 1040 g/mol. The molecule has 18 heteroatoms. The van der Waals surface area contributed by atoms with Crippen molar-refractivity contribution in [3.05, 3.63) is 70.8 Å². The standard InChI is InChI=1S/C52H85N2O13P3/c1-11-17-34-59-68(56,60-35-18-12-2)65-45-40-47-51(49(41-45)67-70(58,63-38-21-15-5)64-39-22-16-6)53-50-46(30-25-31-48(50)66-69(57,61-36-19-13-3)62-37-20-14-4)52(55)54(47)33-32-44(10)29-24-28-43(9)27-23-26-42(7)8/h25-26,28,30-32,40-41,53H,11-24,27,29,33-39H2,1-10H3/b43-28+,44-32+.